The van der Waals surface area contributed by atoms with Gasteiger partial charge < -0.3 is 14.8 Å². The van der Waals surface area contributed by atoms with Crippen LogP contribution in [0.25, 0.3) is 0 Å². The molecule has 1 aromatic carbocycles. The first-order chi connectivity index (χ1) is 8.85. The predicted octanol–water partition coefficient (Wildman–Crippen LogP) is 0.509. The van der Waals surface area contributed by atoms with Gasteiger partial charge in [-0.2, -0.15) is 0 Å². The number of carbonyl (C=O) groups is 1. The average molecular weight is 287 g/mol. The number of nitrogens with one attached hydrogen (secondary N) is 1. The first-order valence-electron chi connectivity index (χ1n) is 5.49. The Balaban J connectivity index is 3.48. The van der Waals surface area contributed by atoms with E-state index in [9.17, 15) is 13.2 Å². The van der Waals surface area contributed by atoms with Crippen LogP contribution >= 0.6 is 0 Å². The molecule has 106 valence electrons. The van der Waals surface area contributed by atoms with Crippen molar-refractivity contribution in [3.8, 4) is 11.5 Å². The lowest BCUT2D eigenvalue weighted by molar-refractivity contribution is 0.0990. The molecule has 0 radical (unpaired) electrons. The predicted molar refractivity (Wildman–Crippen MR) is 70.9 cm³/mol. The number of hydrogen-bond acceptors (Lipinski definition) is 6. The minimum absolute atomic E-state index is 0.00661. The summed E-state index contributed by atoms with van der Waals surface area (Å²) in [6.45, 7) is 0.123. The van der Waals surface area contributed by atoms with Crippen LogP contribution in [0.1, 0.15) is 10.4 Å². The van der Waals surface area contributed by atoms with Crippen molar-refractivity contribution < 1.29 is 22.7 Å². The molecule has 0 aromatic heterocycles. The maximum atomic E-state index is 11.9. The van der Waals surface area contributed by atoms with Crippen molar-refractivity contribution >= 4 is 15.6 Å². The van der Waals surface area contributed by atoms with Crippen molar-refractivity contribution in [1.29, 1.82) is 0 Å². The molecule has 0 fully saturated rings. The van der Waals surface area contributed by atoms with Crippen LogP contribution in [0.3, 0.4) is 0 Å². The van der Waals surface area contributed by atoms with Gasteiger partial charge in [0.15, 0.2) is 15.6 Å². The second-order valence-corrected chi connectivity index (χ2v) is 5.91. The quantitative estimate of drug-likeness (QED) is 0.768. The Morgan fingerprint density at radius 3 is 2.21 bits per heavy atom. The van der Waals surface area contributed by atoms with E-state index in [4.69, 9.17) is 9.47 Å². The molecule has 6 nitrogen and oxygen atoms in total. The summed E-state index contributed by atoms with van der Waals surface area (Å²) in [7, 11) is 0.909. The van der Waals surface area contributed by atoms with Gasteiger partial charge in [0.2, 0.25) is 0 Å². The van der Waals surface area contributed by atoms with Crippen LogP contribution < -0.4 is 14.8 Å². The van der Waals surface area contributed by atoms with Crippen LogP contribution in [0.5, 0.6) is 11.5 Å². The van der Waals surface area contributed by atoms with Crippen molar-refractivity contribution in [3.05, 3.63) is 17.7 Å². The van der Waals surface area contributed by atoms with Crippen LogP contribution in [0.15, 0.2) is 17.0 Å². The van der Waals surface area contributed by atoms with Crippen molar-refractivity contribution in [2.75, 3.05) is 34.1 Å². The van der Waals surface area contributed by atoms with Crippen LogP contribution in [0.2, 0.25) is 0 Å². The number of sulfone groups is 1. The van der Waals surface area contributed by atoms with E-state index >= 15 is 0 Å². The molecule has 7 heteroatoms. The van der Waals surface area contributed by atoms with Crippen molar-refractivity contribution in [1.82, 2.24) is 5.32 Å². The van der Waals surface area contributed by atoms with Crippen molar-refractivity contribution in [2.45, 2.75) is 4.90 Å². The van der Waals surface area contributed by atoms with Gasteiger partial charge in [0, 0.05) is 12.3 Å². The Morgan fingerprint density at radius 2 is 1.79 bits per heavy atom. The molecule has 0 atom stereocenters. The van der Waals surface area contributed by atoms with Gasteiger partial charge in [-0.15, -0.1) is 0 Å². The zero-order valence-electron chi connectivity index (χ0n) is 11.3. The van der Waals surface area contributed by atoms with Gasteiger partial charge in [-0.1, -0.05) is 0 Å². The van der Waals surface area contributed by atoms with Gasteiger partial charge in [-0.3, -0.25) is 4.79 Å². The third kappa shape index (κ3) is 3.45. The highest BCUT2D eigenvalue weighted by molar-refractivity contribution is 7.90. The zero-order chi connectivity index (χ0) is 14.6. The topological polar surface area (TPSA) is 81.7 Å². The molecule has 0 amide bonds. The van der Waals surface area contributed by atoms with Gasteiger partial charge in [0.25, 0.3) is 0 Å². The minimum Gasteiger partial charge on any atom is -0.496 e. The molecule has 0 aliphatic heterocycles. The number of ketones is 1. The van der Waals surface area contributed by atoms with E-state index in [1.165, 1.54) is 26.4 Å². The van der Waals surface area contributed by atoms with Gasteiger partial charge in [0.1, 0.15) is 16.4 Å². The Morgan fingerprint density at radius 1 is 1.21 bits per heavy atom. The molecular weight excluding hydrogens is 270 g/mol. The number of methoxy groups -OCH3 is 2. The number of likely N-dealkylation sites (N-methyl/N-ethyl adjacent to an activating group) is 1. The lowest BCUT2D eigenvalue weighted by Gasteiger charge is -2.13. The molecule has 19 heavy (non-hydrogen) atoms. The lowest BCUT2D eigenvalue weighted by Crippen LogP contribution is -2.19. The molecule has 1 N–H and O–H groups in total. The number of ether oxygens (including phenoxy) is 2. The summed E-state index contributed by atoms with van der Waals surface area (Å²) in [5.74, 6) is 0.127. The highest BCUT2D eigenvalue weighted by atomic mass is 32.2. The second-order valence-electron chi connectivity index (χ2n) is 3.93. The summed E-state index contributed by atoms with van der Waals surface area (Å²) in [6.07, 6.45) is 1.07. The third-order valence-corrected chi connectivity index (χ3v) is 3.64. The van der Waals surface area contributed by atoms with E-state index in [0.29, 0.717) is 0 Å². The average Bonchev–Trinajstić information content (AvgIpc) is 2.36. The largest absolute Gasteiger partial charge is 0.496 e. The van der Waals surface area contributed by atoms with Crippen LogP contribution in [0.4, 0.5) is 0 Å². The standard InChI is InChI=1S/C12H17NO5S/c1-13-7-9(14)8-5-11(18-3)12(19(4,15)16)6-10(8)17-2/h5-6,13H,7H2,1-4H3. The molecule has 0 bridgehead atoms. The summed E-state index contributed by atoms with van der Waals surface area (Å²) in [5, 5.41) is 2.74. The minimum atomic E-state index is -3.46. The number of rotatable bonds is 6. The van der Waals surface area contributed by atoms with Gasteiger partial charge >= 0.3 is 0 Å². The molecule has 0 aliphatic rings. The van der Waals surface area contributed by atoms with Crippen LogP contribution in [-0.4, -0.2) is 48.3 Å². The van der Waals surface area contributed by atoms with Crippen LogP contribution in [-0.2, 0) is 9.84 Å². The van der Waals surface area contributed by atoms with E-state index in [-0.39, 0.29) is 34.3 Å². The summed E-state index contributed by atoms with van der Waals surface area (Å²) >= 11 is 0. The number of carbonyl (C=O) groups excluding carboxylic acids is 1. The molecule has 0 spiro atoms. The van der Waals surface area contributed by atoms with Crippen LogP contribution in [0, 0.1) is 0 Å². The van der Waals surface area contributed by atoms with Gasteiger partial charge in [-0.25, -0.2) is 8.42 Å². The Hall–Kier alpha value is -1.60. The summed E-state index contributed by atoms with van der Waals surface area (Å²) in [5.41, 5.74) is 0.279. The van der Waals surface area contributed by atoms with E-state index in [1.54, 1.807) is 7.05 Å². The third-order valence-electron chi connectivity index (χ3n) is 2.52. The normalized spacial score (nSPS) is 11.2. The Labute approximate surface area is 112 Å². The second kappa shape index (κ2) is 6.03. The van der Waals surface area contributed by atoms with E-state index < -0.39 is 9.84 Å². The molecule has 0 heterocycles. The van der Waals surface area contributed by atoms with Gasteiger partial charge in [0.05, 0.1) is 26.3 Å². The molecule has 1 rings (SSSR count). The maximum Gasteiger partial charge on any atom is 0.180 e. The Kier molecular flexibility index (Phi) is 4.90. The highest BCUT2D eigenvalue weighted by Gasteiger charge is 2.21. The van der Waals surface area contributed by atoms with E-state index in [0.717, 1.165) is 6.26 Å². The SMILES string of the molecule is CNCC(=O)c1cc(OC)c(S(C)(=O)=O)cc1OC. The molecule has 0 aliphatic carbocycles. The molecule has 0 saturated heterocycles. The maximum absolute atomic E-state index is 11.9. The fourth-order valence-electron chi connectivity index (χ4n) is 1.63. The highest BCUT2D eigenvalue weighted by Crippen LogP contribution is 2.32. The van der Waals surface area contributed by atoms with Crippen molar-refractivity contribution in [3.63, 3.8) is 0 Å². The fraction of sp³-hybridized carbons (Fsp3) is 0.417. The van der Waals surface area contributed by atoms with Crippen molar-refractivity contribution in [2.24, 2.45) is 0 Å². The zero-order valence-corrected chi connectivity index (χ0v) is 12.1. The number of benzene rings is 1. The number of Topliss-reactive ketones (excluding diaryl/α,β-unsaturated/α-hetero) is 1. The smallest absolute Gasteiger partial charge is 0.180 e. The first-order valence-corrected chi connectivity index (χ1v) is 7.38. The number of hydrogen-bond donors (Lipinski definition) is 1. The monoisotopic (exact) mass is 287 g/mol. The molecule has 0 saturated carbocycles. The summed E-state index contributed by atoms with van der Waals surface area (Å²) < 4.78 is 33.4. The summed E-state index contributed by atoms with van der Waals surface area (Å²) in [4.78, 5) is 11.9. The fourth-order valence-corrected chi connectivity index (χ4v) is 2.46. The molecular formula is C12H17NO5S. The molecule has 1 aromatic rings. The summed E-state index contributed by atoms with van der Waals surface area (Å²) in [6, 6.07) is 2.69. The van der Waals surface area contributed by atoms with E-state index in [2.05, 4.69) is 5.32 Å². The first kappa shape index (κ1) is 15.5. The Bertz CT molecular complexity index is 580. The molecule has 0 unspecified atom stereocenters. The van der Waals surface area contributed by atoms with E-state index in [1.807, 2.05) is 0 Å². The lowest BCUT2D eigenvalue weighted by atomic mass is 10.1. The van der Waals surface area contributed by atoms with Gasteiger partial charge in [-0.05, 0) is 13.1 Å².